The summed E-state index contributed by atoms with van der Waals surface area (Å²) >= 11 is 5.63. The van der Waals surface area contributed by atoms with Gasteiger partial charge in [0, 0.05) is 36.9 Å². The fourth-order valence-corrected chi connectivity index (χ4v) is 4.70. The van der Waals surface area contributed by atoms with Crippen LogP contribution < -0.4 is 10.6 Å². The second-order valence-electron chi connectivity index (χ2n) is 8.60. The van der Waals surface area contributed by atoms with E-state index < -0.39 is 16.8 Å². The highest BCUT2D eigenvalue weighted by Crippen LogP contribution is 2.40. The zero-order chi connectivity index (χ0) is 26.6. The molecule has 1 aliphatic heterocycles. The van der Waals surface area contributed by atoms with Gasteiger partial charge >= 0.3 is 0 Å². The maximum absolute atomic E-state index is 14.0. The molecular weight excluding hydrogens is 509 g/mol. The molecule has 5 rings (SSSR count). The molecule has 2 N–H and O–H groups in total. The van der Waals surface area contributed by atoms with Gasteiger partial charge < -0.3 is 20.0 Å². The summed E-state index contributed by atoms with van der Waals surface area (Å²) in [6, 6.07) is 20.5. The Morgan fingerprint density at radius 1 is 1.11 bits per heavy atom. The van der Waals surface area contributed by atoms with Gasteiger partial charge in [-0.1, -0.05) is 18.2 Å². The summed E-state index contributed by atoms with van der Waals surface area (Å²) in [5, 5.41) is 17.3. The maximum atomic E-state index is 14.0. The van der Waals surface area contributed by atoms with Gasteiger partial charge in [0.15, 0.2) is 5.11 Å². The predicted molar refractivity (Wildman–Crippen MR) is 143 cm³/mol. The van der Waals surface area contributed by atoms with Crippen LogP contribution in [0.15, 0.2) is 89.5 Å². The molecule has 1 saturated heterocycles. The minimum atomic E-state index is -0.512. The molecule has 1 amide bonds. The number of aromatic nitrogens is 1. The van der Waals surface area contributed by atoms with E-state index in [2.05, 4.69) is 15.6 Å². The van der Waals surface area contributed by atoms with E-state index in [4.69, 9.17) is 16.6 Å². The van der Waals surface area contributed by atoms with Crippen LogP contribution >= 0.6 is 12.2 Å². The van der Waals surface area contributed by atoms with Crippen LogP contribution in [0.5, 0.6) is 0 Å². The lowest BCUT2D eigenvalue weighted by Crippen LogP contribution is -2.32. The van der Waals surface area contributed by atoms with Gasteiger partial charge in [-0.2, -0.15) is 0 Å². The highest BCUT2D eigenvalue weighted by atomic mass is 32.1. The van der Waals surface area contributed by atoms with E-state index in [1.807, 2.05) is 29.2 Å². The van der Waals surface area contributed by atoms with Crippen molar-refractivity contribution in [2.75, 3.05) is 11.9 Å². The number of anilines is 1. The summed E-state index contributed by atoms with van der Waals surface area (Å²) < 4.78 is 20.2. The third-order valence-electron chi connectivity index (χ3n) is 6.21. The number of halogens is 1. The highest BCUT2D eigenvalue weighted by molar-refractivity contribution is 7.80. The minimum absolute atomic E-state index is 0.0130. The largest absolute Gasteiger partial charge is 0.459 e. The fraction of sp³-hybridized carbons (Fsp3) is 0.148. The van der Waals surface area contributed by atoms with E-state index in [0.29, 0.717) is 22.2 Å². The van der Waals surface area contributed by atoms with E-state index in [-0.39, 0.29) is 36.3 Å². The molecule has 0 spiro atoms. The number of para-hydroxylation sites is 1. The Morgan fingerprint density at radius 2 is 1.87 bits per heavy atom. The molecule has 2 aromatic carbocycles. The lowest BCUT2D eigenvalue weighted by atomic mass is 10.0. The summed E-state index contributed by atoms with van der Waals surface area (Å²) in [6.45, 7) is 0.244. The summed E-state index contributed by atoms with van der Waals surface area (Å²) in [4.78, 5) is 29.5. The Bertz CT molecular complexity index is 1480. The van der Waals surface area contributed by atoms with Crippen LogP contribution in [0.1, 0.15) is 30.0 Å². The molecule has 2 atom stereocenters. The predicted octanol–water partition coefficient (Wildman–Crippen LogP) is 5.39. The number of pyridine rings is 1. The molecule has 4 aromatic rings. The smallest absolute Gasteiger partial charge is 0.269 e. The van der Waals surface area contributed by atoms with Gasteiger partial charge in [0.05, 0.1) is 22.3 Å². The van der Waals surface area contributed by atoms with Gasteiger partial charge in [-0.25, -0.2) is 4.39 Å². The van der Waals surface area contributed by atoms with Crippen molar-refractivity contribution in [3.8, 4) is 11.3 Å². The first-order valence-electron chi connectivity index (χ1n) is 11.8. The van der Waals surface area contributed by atoms with E-state index in [9.17, 15) is 19.3 Å². The van der Waals surface area contributed by atoms with Gasteiger partial charge in [-0.05, 0) is 60.7 Å². The number of non-ortho nitro benzene ring substituents is 1. The Hall–Kier alpha value is -4.64. The number of benzene rings is 2. The number of nitrogens with zero attached hydrogens (tertiary/aromatic N) is 3. The van der Waals surface area contributed by atoms with Crippen LogP contribution in [0.2, 0.25) is 0 Å². The Balaban J connectivity index is 1.40. The van der Waals surface area contributed by atoms with Gasteiger partial charge in [-0.3, -0.25) is 19.9 Å². The van der Waals surface area contributed by atoms with Crippen LogP contribution in [0.25, 0.3) is 11.3 Å². The Kier molecular flexibility index (Phi) is 7.09. The van der Waals surface area contributed by atoms with Crippen molar-refractivity contribution >= 4 is 34.6 Å². The standard InChI is InChI=1S/C27H22FN5O4S/c28-19-5-1-2-6-20(19)30-24(34)14-16-32-26(25(31-27(32)38)21-7-3-4-15-29-21)23-13-12-22(37-23)17-8-10-18(11-9-17)33(35)36/h1-13,15,25-26H,14,16H2,(H,30,34)(H,31,38)/t25-,26-/m0/s1. The molecule has 1 fully saturated rings. The van der Waals surface area contributed by atoms with Crippen molar-refractivity contribution in [1.82, 2.24) is 15.2 Å². The van der Waals surface area contributed by atoms with Crippen molar-refractivity contribution in [1.29, 1.82) is 0 Å². The average molecular weight is 532 g/mol. The second-order valence-corrected chi connectivity index (χ2v) is 8.99. The lowest BCUT2D eigenvalue weighted by molar-refractivity contribution is -0.384. The zero-order valence-electron chi connectivity index (χ0n) is 19.9. The summed E-state index contributed by atoms with van der Waals surface area (Å²) in [5.74, 6) is 0.242. The van der Waals surface area contributed by atoms with Crippen molar-refractivity contribution in [2.24, 2.45) is 0 Å². The van der Waals surface area contributed by atoms with E-state index >= 15 is 0 Å². The third-order valence-corrected chi connectivity index (χ3v) is 6.56. The molecule has 0 aliphatic carbocycles. The molecule has 11 heteroatoms. The van der Waals surface area contributed by atoms with E-state index in [1.165, 1.54) is 24.3 Å². The Morgan fingerprint density at radius 3 is 2.58 bits per heavy atom. The zero-order valence-corrected chi connectivity index (χ0v) is 20.7. The Labute approximate surface area is 222 Å². The first-order chi connectivity index (χ1) is 18.4. The number of hydrogen-bond acceptors (Lipinski definition) is 6. The molecule has 0 radical (unpaired) electrons. The SMILES string of the molecule is O=C(CCN1C(=S)N[C@@H](c2ccccn2)[C@@H]1c1ccc(-c2ccc([N+](=O)[O-])cc2)o1)Nc1ccccc1F. The highest BCUT2D eigenvalue weighted by Gasteiger charge is 2.41. The number of carbonyl (C=O) groups excluding carboxylic acids is 1. The van der Waals surface area contributed by atoms with Crippen molar-refractivity contribution < 1.29 is 18.5 Å². The molecule has 0 saturated carbocycles. The second kappa shape index (κ2) is 10.8. The minimum Gasteiger partial charge on any atom is -0.459 e. The fourth-order valence-electron chi connectivity index (χ4n) is 4.37. The van der Waals surface area contributed by atoms with Crippen molar-refractivity contribution in [2.45, 2.75) is 18.5 Å². The summed E-state index contributed by atoms with van der Waals surface area (Å²) in [5.41, 5.74) is 1.52. The molecule has 192 valence electrons. The first kappa shape index (κ1) is 25.0. The quantitative estimate of drug-likeness (QED) is 0.177. The third kappa shape index (κ3) is 5.23. The van der Waals surface area contributed by atoms with Crippen LogP contribution in [-0.2, 0) is 4.79 Å². The number of nitrogens with one attached hydrogen (secondary N) is 2. The number of rotatable bonds is 8. The van der Waals surface area contributed by atoms with E-state index in [1.54, 1.807) is 36.5 Å². The number of nitro groups is 1. The van der Waals surface area contributed by atoms with E-state index in [0.717, 1.165) is 5.69 Å². The van der Waals surface area contributed by atoms with Gasteiger partial charge in [0.25, 0.3) is 5.69 Å². The van der Waals surface area contributed by atoms with Gasteiger partial charge in [0.1, 0.15) is 23.4 Å². The molecular formula is C27H22FN5O4S. The number of furan rings is 1. The number of thiocarbonyl (C=S) groups is 1. The topological polar surface area (TPSA) is 114 Å². The van der Waals surface area contributed by atoms with Crippen LogP contribution in [0, 0.1) is 15.9 Å². The number of amides is 1. The number of nitro benzene ring substituents is 1. The van der Waals surface area contributed by atoms with Crippen molar-refractivity contribution in [3.63, 3.8) is 0 Å². The molecule has 2 aromatic heterocycles. The first-order valence-corrected chi connectivity index (χ1v) is 12.2. The monoisotopic (exact) mass is 531 g/mol. The normalized spacial score (nSPS) is 16.8. The molecule has 0 bridgehead atoms. The van der Waals surface area contributed by atoms with Gasteiger partial charge in [-0.15, -0.1) is 0 Å². The van der Waals surface area contributed by atoms with Crippen LogP contribution in [-0.4, -0.2) is 32.4 Å². The average Bonchev–Trinajstić information content (AvgIpc) is 3.54. The van der Waals surface area contributed by atoms with Crippen LogP contribution in [0.3, 0.4) is 0 Å². The molecule has 1 aliphatic rings. The summed E-state index contributed by atoms with van der Waals surface area (Å²) in [6.07, 6.45) is 1.74. The molecule has 38 heavy (non-hydrogen) atoms. The van der Waals surface area contributed by atoms with Gasteiger partial charge in [0.2, 0.25) is 5.91 Å². The number of hydrogen-bond donors (Lipinski definition) is 2. The number of carbonyl (C=O) groups is 1. The molecule has 9 nitrogen and oxygen atoms in total. The molecule has 0 unspecified atom stereocenters. The van der Waals surface area contributed by atoms with Crippen LogP contribution in [0.4, 0.5) is 15.8 Å². The molecule has 3 heterocycles. The lowest BCUT2D eigenvalue weighted by Gasteiger charge is -2.25. The van der Waals surface area contributed by atoms with Crippen molar-refractivity contribution in [3.05, 3.63) is 112 Å². The summed E-state index contributed by atoms with van der Waals surface area (Å²) in [7, 11) is 0. The maximum Gasteiger partial charge on any atom is 0.269 e.